The fourth-order valence-electron chi connectivity index (χ4n) is 2.29. The van der Waals surface area contributed by atoms with Crippen LogP contribution in [0.2, 0.25) is 0 Å². The number of ether oxygens (including phenoxy) is 3. The second-order valence-corrected chi connectivity index (χ2v) is 8.21. The minimum atomic E-state index is -0.171. The van der Waals surface area contributed by atoms with Gasteiger partial charge >= 0.3 is 0 Å². The second kappa shape index (κ2) is 5.34. The third-order valence-corrected chi connectivity index (χ3v) is 3.66. The molecule has 0 aromatic carbocycles. The van der Waals surface area contributed by atoms with Crippen molar-refractivity contribution < 1.29 is 14.2 Å². The summed E-state index contributed by atoms with van der Waals surface area (Å²) in [5, 5.41) is 0. The minimum Gasteiger partial charge on any atom is -0.373 e. The zero-order valence-electron chi connectivity index (χ0n) is 14.2. The lowest BCUT2D eigenvalue weighted by molar-refractivity contribution is -0.137. The van der Waals surface area contributed by atoms with Crippen LogP contribution in [0.25, 0.3) is 0 Å². The summed E-state index contributed by atoms with van der Waals surface area (Å²) in [7, 11) is 0. The molecular weight excluding hydrogens is 240 g/mol. The average molecular weight is 272 g/mol. The van der Waals surface area contributed by atoms with Crippen LogP contribution in [0.5, 0.6) is 0 Å². The van der Waals surface area contributed by atoms with Crippen LogP contribution in [-0.4, -0.2) is 36.1 Å². The second-order valence-electron chi connectivity index (χ2n) is 8.21. The first kappa shape index (κ1) is 16.9. The summed E-state index contributed by atoms with van der Waals surface area (Å²) in [5.41, 5.74) is -0.319. The maximum atomic E-state index is 6.26. The van der Waals surface area contributed by atoms with Crippen LogP contribution in [-0.2, 0) is 14.2 Å². The largest absolute Gasteiger partial charge is 0.373 e. The smallest absolute Gasteiger partial charge is 0.108 e. The van der Waals surface area contributed by atoms with Gasteiger partial charge in [0.1, 0.15) is 6.10 Å². The molecule has 0 aliphatic carbocycles. The van der Waals surface area contributed by atoms with E-state index >= 15 is 0 Å². The van der Waals surface area contributed by atoms with Crippen molar-refractivity contribution in [1.82, 2.24) is 0 Å². The van der Waals surface area contributed by atoms with Crippen molar-refractivity contribution in [3.05, 3.63) is 0 Å². The van der Waals surface area contributed by atoms with Crippen LogP contribution >= 0.6 is 0 Å². The van der Waals surface area contributed by atoms with E-state index in [-0.39, 0.29) is 34.9 Å². The van der Waals surface area contributed by atoms with Crippen molar-refractivity contribution in [3.8, 4) is 0 Å². The van der Waals surface area contributed by atoms with Gasteiger partial charge in [-0.2, -0.15) is 0 Å². The molecule has 1 aliphatic heterocycles. The van der Waals surface area contributed by atoms with E-state index in [0.29, 0.717) is 6.61 Å². The highest BCUT2D eigenvalue weighted by Crippen LogP contribution is 2.42. The van der Waals surface area contributed by atoms with Crippen LogP contribution in [0.1, 0.15) is 62.3 Å². The Morgan fingerprint density at radius 1 is 1.00 bits per heavy atom. The van der Waals surface area contributed by atoms with Crippen molar-refractivity contribution in [3.63, 3.8) is 0 Å². The van der Waals surface area contributed by atoms with Crippen LogP contribution < -0.4 is 0 Å². The Morgan fingerprint density at radius 3 is 1.95 bits per heavy atom. The summed E-state index contributed by atoms with van der Waals surface area (Å²) in [4.78, 5) is 0. The molecule has 1 fully saturated rings. The van der Waals surface area contributed by atoms with Gasteiger partial charge in [-0.25, -0.2) is 0 Å². The van der Waals surface area contributed by atoms with E-state index < -0.39 is 0 Å². The molecule has 3 heteroatoms. The van der Waals surface area contributed by atoms with Crippen LogP contribution in [0.15, 0.2) is 0 Å². The van der Waals surface area contributed by atoms with Gasteiger partial charge in [-0.05, 0) is 48.5 Å². The van der Waals surface area contributed by atoms with E-state index in [9.17, 15) is 0 Å². The molecule has 3 atom stereocenters. The first-order valence-electron chi connectivity index (χ1n) is 7.30. The van der Waals surface area contributed by atoms with E-state index in [4.69, 9.17) is 14.2 Å². The topological polar surface area (TPSA) is 27.7 Å². The van der Waals surface area contributed by atoms with E-state index in [1.807, 2.05) is 0 Å². The van der Waals surface area contributed by atoms with Gasteiger partial charge in [-0.1, -0.05) is 13.8 Å². The highest BCUT2D eigenvalue weighted by atomic mass is 16.6. The first-order valence-corrected chi connectivity index (χ1v) is 7.30. The number of hydrogen-bond donors (Lipinski definition) is 0. The van der Waals surface area contributed by atoms with Gasteiger partial charge in [0.15, 0.2) is 0 Å². The van der Waals surface area contributed by atoms with Crippen molar-refractivity contribution in [2.45, 2.75) is 91.8 Å². The normalized spacial score (nSPS) is 31.7. The van der Waals surface area contributed by atoms with Gasteiger partial charge in [-0.15, -0.1) is 0 Å². The molecule has 0 saturated carbocycles. The zero-order chi connectivity index (χ0) is 15.1. The molecule has 1 aliphatic rings. The lowest BCUT2D eigenvalue weighted by atomic mass is 9.81. The average Bonchev–Trinajstić information content (AvgIpc) is 2.36. The Morgan fingerprint density at radius 2 is 1.53 bits per heavy atom. The summed E-state index contributed by atoms with van der Waals surface area (Å²) in [5.74, 6) is 0. The Hall–Kier alpha value is -0.120. The summed E-state index contributed by atoms with van der Waals surface area (Å²) >= 11 is 0. The van der Waals surface area contributed by atoms with Crippen molar-refractivity contribution in [2.24, 2.45) is 5.41 Å². The number of hydrogen-bond acceptors (Lipinski definition) is 3. The van der Waals surface area contributed by atoms with E-state index in [1.54, 1.807) is 0 Å². The Labute approximate surface area is 119 Å². The molecule has 0 aromatic heterocycles. The van der Waals surface area contributed by atoms with E-state index in [1.165, 1.54) is 0 Å². The summed E-state index contributed by atoms with van der Waals surface area (Å²) in [6, 6.07) is 0. The van der Waals surface area contributed by atoms with Crippen molar-refractivity contribution in [1.29, 1.82) is 0 Å². The fourth-order valence-corrected chi connectivity index (χ4v) is 2.29. The molecule has 19 heavy (non-hydrogen) atoms. The predicted molar refractivity (Wildman–Crippen MR) is 78.4 cm³/mol. The molecular formula is C16H32O3. The molecule has 0 radical (unpaired) electrons. The fraction of sp³-hybridized carbons (Fsp3) is 1.00. The third-order valence-electron chi connectivity index (χ3n) is 3.66. The molecule has 0 N–H and O–H groups in total. The molecule has 1 heterocycles. The molecule has 114 valence electrons. The van der Waals surface area contributed by atoms with Gasteiger partial charge in [-0.3, -0.25) is 0 Å². The lowest BCUT2D eigenvalue weighted by Crippen LogP contribution is -2.44. The quantitative estimate of drug-likeness (QED) is 0.782. The van der Waals surface area contributed by atoms with Crippen LogP contribution in [0, 0.1) is 5.41 Å². The van der Waals surface area contributed by atoms with Gasteiger partial charge < -0.3 is 14.2 Å². The molecule has 1 saturated heterocycles. The van der Waals surface area contributed by atoms with Gasteiger partial charge in [0.05, 0.1) is 30.0 Å². The summed E-state index contributed by atoms with van der Waals surface area (Å²) < 4.78 is 18.2. The van der Waals surface area contributed by atoms with E-state index in [0.717, 1.165) is 0 Å². The minimum absolute atomic E-state index is 0.000803. The molecule has 1 rings (SSSR count). The molecule has 0 amide bonds. The van der Waals surface area contributed by atoms with Gasteiger partial charge in [0.25, 0.3) is 0 Å². The SMILES string of the molecule is C[C@H]1O[C@@H](COC(C)(C)C)[C@@H](OC(C)(C)C)C1(C)C. The first-order chi connectivity index (χ1) is 8.33. The predicted octanol–water partition coefficient (Wildman–Crippen LogP) is 3.80. The van der Waals surface area contributed by atoms with Gasteiger partial charge in [0, 0.05) is 5.41 Å². The summed E-state index contributed by atoms with van der Waals surface area (Å²) in [6.07, 6.45) is 0.238. The lowest BCUT2D eigenvalue weighted by Gasteiger charge is -2.36. The Balaban J connectivity index is 2.78. The Kier molecular flexibility index (Phi) is 4.76. The molecule has 0 aromatic rings. The molecule has 0 bridgehead atoms. The zero-order valence-corrected chi connectivity index (χ0v) is 14.2. The standard InChI is InChI=1S/C16H32O3/c1-11-16(8,9)13(19-15(5,6)7)12(18-11)10-17-14(2,3)4/h11-13H,10H2,1-9H3/t11-,12+,13-/m1/s1. The maximum Gasteiger partial charge on any atom is 0.108 e. The van der Waals surface area contributed by atoms with Crippen molar-refractivity contribution in [2.75, 3.05) is 6.61 Å². The summed E-state index contributed by atoms with van der Waals surface area (Å²) in [6.45, 7) is 19.6. The molecule has 0 spiro atoms. The van der Waals surface area contributed by atoms with E-state index in [2.05, 4.69) is 62.3 Å². The highest BCUT2D eigenvalue weighted by molar-refractivity contribution is 4.97. The highest BCUT2D eigenvalue weighted by Gasteiger charge is 2.50. The Bertz CT molecular complexity index is 296. The van der Waals surface area contributed by atoms with Crippen LogP contribution in [0.4, 0.5) is 0 Å². The van der Waals surface area contributed by atoms with Gasteiger partial charge in [0.2, 0.25) is 0 Å². The maximum absolute atomic E-state index is 6.26. The number of rotatable bonds is 3. The third kappa shape index (κ3) is 4.73. The molecule has 0 unspecified atom stereocenters. The van der Waals surface area contributed by atoms with Crippen LogP contribution in [0.3, 0.4) is 0 Å². The molecule has 3 nitrogen and oxygen atoms in total. The monoisotopic (exact) mass is 272 g/mol. The van der Waals surface area contributed by atoms with Crippen molar-refractivity contribution >= 4 is 0 Å².